The maximum atomic E-state index is 5.49. The minimum absolute atomic E-state index is 0.810. The third-order valence-electron chi connectivity index (χ3n) is 3.76. The molecule has 1 aliphatic heterocycles. The van der Waals surface area contributed by atoms with Gasteiger partial charge in [0.2, 0.25) is 0 Å². The van der Waals surface area contributed by atoms with Gasteiger partial charge in [0.1, 0.15) is 11.5 Å². The summed E-state index contributed by atoms with van der Waals surface area (Å²) in [4.78, 5) is 0. The summed E-state index contributed by atoms with van der Waals surface area (Å²) in [7, 11) is 3.36. The maximum Gasteiger partial charge on any atom is 0.130 e. The highest BCUT2D eigenvalue weighted by Crippen LogP contribution is 2.35. The van der Waals surface area contributed by atoms with Crippen LogP contribution < -0.4 is 14.8 Å². The Morgan fingerprint density at radius 3 is 2.70 bits per heavy atom. The molecule has 0 spiro atoms. The Labute approximate surface area is 119 Å². The average Bonchev–Trinajstić information content (AvgIpc) is 2.53. The number of anilines is 1. The molecule has 104 valence electrons. The largest absolute Gasteiger partial charge is 0.497 e. The zero-order chi connectivity index (χ0) is 13.9. The van der Waals surface area contributed by atoms with Gasteiger partial charge >= 0.3 is 0 Å². The standard InChI is InChI=1S/C17H19NO2/c1-19-14-6-7-15(17(11-14)20-2)12-5-8-16-13(10-12)4-3-9-18-16/h5-8,10-11,18H,3-4,9H2,1-2H3. The molecule has 3 rings (SSSR count). The zero-order valence-corrected chi connectivity index (χ0v) is 11.9. The second kappa shape index (κ2) is 5.45. The molecule has 0 saturated heterocycles. The van der Waals surface area contributed by atoms with Crippen LogP contribution in [0.1, 0.15) is 12.0 Å². The number of nitrogens with one attached hydrogen (secondary N) is 1. The number of ether oxygens (including phenoxy) is 2. The molecule has 2 aromatic rings. The highest BCUT2D eigenvalue weighted by atomic mass is 16.5. The molecule has 1 N–H and O–H groups in total. The van der Waals surface area contributed by atoms with Gasteiger partial charge in [-0.15, -0.1) is 0 Å². The molecule has 0 atom stereocenters. The van der Waals surface area contributed by atoms with Crippen LogP contribution in [-0.2, 0) is 6.42 Å². The number of aryl methyl sites for hydroxylation is 1. The highest BCUT2D eigenvalue weighted by molar-refractivity contribution is 5.74. The van der Waals surface area contributed by atoms with E-state index in [9.17, 15) is 0 Å². The topological polar surface area (TPSA) is 30.5 Å². The van der Waals surface area contributed by atoms with Gasteiger partial charge in [-0.05, 0) is 48.2 Å². The Balaban J connectivity index is 2.04. The van der Waals surface area contributed by atoms with Crippen molar-refractivity contribution in [1.29, 1.82) is 0 Å². The number of hydrogen-bond donors (Lipinski definition) is 1. The third kappa shape index (κ3) is 2.31. The lowest BCUT2D eigenvalue weighted by atomic mass is 9.97. The van der Waals surface area contributed by atoms with Gasteiger partial charge in [0.25, 0.3) is 0 Å². The van der Waals surface area contributed by atoms with E-state index in [0.717, 1.165) is 30.0 Å². The number of hydrogen-bond acceptors (Lipinski definition) is 3. The van der Waals surface area contributed by atoms with Crippen LogP contribution in [-0.4, -0.2) is 20.8 Å². The quantitative estimate of drug-likeness (QED) is 0.921. The number of rotatable bonds is 3. The fourth-order valence-electron chi connectivity index (χ4n) is 2.68. The molecule has 0 saturated carbocycles. The first kappa shape index (κ1) is 12.9. The van der Waals surface area contributed by atoms with Crippen molar-refractivity contribution in [2.75, 3.05) is 26.1 Å². The lowest BCUT2D eigenvalue weighted by Gasteiger charge is -2.19. The van der Waals surface area contributed by atoms with Crippen LogP contribution in [0.2, 0.25) is 0 Å². The molecule has 0 unspecified atom stereocenters. The van der Waals surface area contributed by atoms with Gasteiger partial charge in [0, 0.05) is 23.9 Å². The Bertz CT molecular complexity index is 622. The van der Waals surface area contributed by atoms with E-state index in [1.165, 1.54) is 23.2 Å². The molecule has 0 amide bonds. The average molecular weight is 269 g/mol. The molecule has 0 aromatic heterocycles. The molecule has 0 fully saturated rings. The number of fused-ring (bicyclic) bond motifs is 1. The zero-order valence-electron chi connectivity index (χ0n) is 11.9. The molecule has 3 heteroatoms. The third-order valence-corrected chi connectivity index (χ3v) is 3.76. The normalized spacial score (nSPS) is 13.3. The van der Waals surface area contributed by atoms with Crippen LogP contribution in [0.4, 0.5) is 5.69 Å². The van der Waals surface area contributed by atoms with Gasteiger partial charge < -0.3 is 14.8 Å². The summed E-state index contributed by atoms with van der Waals surface area (Å²) in [5.41, 5.74) is 4.92. The highest BCUT2D eigenvalue weighted by Gasteiger charge is 2.12. The molecule has 0 aliphatic carbocycles. The smallest absolute Gasteiger partial charge is 0.130 e. The van der Waals surface area contributed by atoms with Crippen molar-refractivity contribution < 1.29 is 9.47 Å². The number of benzene rings is 2. The van der Waals surface area contributed by atoms with Crippen LogP contribution in [0.3, 0.4) is 0 Å². The minimum atomic E-state index is 0.810. The van der Waals surface area contributed by atoms with E-state index < -0.39 is 0 Å². The van der Waals surface area contributed by atoms with Crippen LogP contribution in [0.15, 0.2) is 36.4 Å². The summed E-state index contributed by atoms with van der Waals surface area (Å²) in [6, 6.07) is 12.5. The molecule has 20 heavy (non-hydrogen) atoms. The Kier molecular flexibility index (Phi) is 3.50. The van der Waals surface area contributed by atoms with Crippen molar-refractivity contribution in [3.63, 3.8) is 0 Å². The first-order chi connectivity index (χ1) is 9.81. The van der Waals surface area contributed by atoms with E-state index in [4.69, 9.17) is 9.47 Å². The molecule has 1 aliphatic rings. The van der Waals surface area contributed by atoms with Crippen LogP contribution >= 0.6 is 0 Å². The first-order valence-electron chi connectivity index (χ1n) is 6.91. The monoisotopic (exact) mass is 269 g/mol. The summed E-state index contributed by atoms with van der Waals surface area (Å²) in [6.45, 7) is 1.07. The van der Waals surface area contributed by atoms with E-state index in [1.807, 2.05) is 12.1 Å². The summed E-state index contributed by atoms with van der Waals surface area (Å²) >= 11 is 0. The maximum absolute atomic E-state index is 5.49. The van der Waals surface area contributed by atoms with Crippen molar-refractivity contribution >= 4 is 5.69 Å². The molecular weight excluding hydrogens is 250 g/mol. The van der Waals surface area contributed by atoms with Crippen LogP contribution in [0.25, 0.3) is 11.1 Å². The first-order valence-corrected chi connectivity index (χ1v) is 6.91. The molecule has 2 aromatic carbocycles. The van der Waals surface area contributed by atoms with Gasteiger partial charge in [-0.3, -0.25) is 0 Å². The van der Waals surface area contributed by atoms with E-state index in [0.29, 0.717) is 0 Å². The lowest BCUT2D eigenvalue weighted by Crippen LogP contribution is -2.11. The second-order valence-corrected chi connectivity index (χ2v) is 4.97. The fraction of sp³-hybridized carbons (Fsp3) is 0.294. The van der Waals surface area contributed by atoms with Gasteiger partial charge in [0.15, 0.2) is 0 Å². The van der Waals surface area contributed by atoms with Crippen molar-refractivity contribution in [2.45, 2.75) is 12.8 Å². The summed E-state index contributed by atoms with van der Waals surface area (Å²) in [5.74, 6) is 1.65. The second-order valence-electron chi connectivity index (χ2n) is 4.97. The minimum Gasteiger partial charge on any atom is -0.497 e. The van der Waals surface area contributed by atoms with Gasteiger partial charge in [-0.1, -0.05) is 6.07 Å². The molecule has 0 radical (unpaired) electrons. The van der Waals surface area contributed by atoms with Gasteiger partial charge in [0.05, 0.1) is 14.2 Å². The summed E-state index contributed by atoms with van der Waals surface area (Å²) in [5, 5.41) is 3.44. The molecule has 1 heterocycles. The number of methoxy groups -OCH3 is 2. The Morgan fingerprint density at radius 2 is 1.90 bits per heavy atom. The van der Waals surface area contributed by atoms with Crippen molar-refractivity contribution in [1.82, 2.24) is 0 Å². The van der Waals surface area contributed by atoms with Crippen molar-refractivity contribution in [3.05, 3.63) is 42.0 Å². The van der Waals surface area contributed by atoms with E-state index in [2.05, 4.69) is 29.6 Å². The van der Waals surface area contributed by atoms with Gasteiger partial charge in [-0.25, -0.2) is 0 Å². The van der Waals surface area contributed by atoms with Gasteiger partial charge in [-0.2, -0.15) is 0 Å². The Hall–Kier alpha value is -2.16. The summed E-state index contributed by atoms with van der Waals surface area (Å²) in [6.07, 6.45) is 2.32. The van der Waals surface area contributed by atoms with Crippen LogP contribution in [0.5, 0.6) is 11.5 Å². The Morgan fingerprint density at radius 1 is 1.00 bits per heavy atom. The van der Waals surface area contributed by atoms with E-state index in [1.54, 1.807) is 14.2 Å². The van der Waals surface area contributed by atoms with Crippen LogP contribution in [0, 0.1) is 0 Å². The van der Waals surface area contributed by atoms with E-state index >= 15 is 0 Å². The SMILES string of the molecule is COc1ccc(-c2ccc3c(c2)CCCN3)c(OC)c1. The van der Waals surface area contributed by atoms with Crippen molar-refractivity contribution in [2.24, 2.45) is 0 Å². The molecule has 3 nitrogen and oxygen atoms in total. The predicted molar refractivity (Wildman–Crippen MR) is 81.8 cm³/mol. The lowest BCUT2D eigenvalue weighted by molar-refractivity contribution is 0.395. The fourth-order valence-corrected chi connectivity index (χ4v) is 2.68. The molecule has 0 bridgehead atoms. The van der Waals surface area contributed by atoms with E-state index in [-0.39, 0.29) is 0 Å². The molecular formula is C17H19NO2. The van der Waals surface area contributed by atoms with Crippen molar-refractivity contribution in [3.8, 4) is 22.6 Å². The predicted octanol–water partition coefficient (Wildman–Crippen LogP) is 3.73. The summed E-state index contributed by atoms with van der Waals surface area (Å²) < 4.78 is 10.7.